The highest BCUT2D eigenvalue weighted by Crippen LogP contribution is 2.19. The zero-order valence-electron chi connectivity index (χ0n) is 18.2. The van der Waals surface area contributed by atoms with E-state index in [-0.39, 0.29) is 24.0 Å². The first-order chi connectivity index (χ1) is 13.5. The van der Waals surface area contributed by atoms with E-state index in [4.69, 9.17) is 15.2 Å². The van der Waals surface area contributed by atoms with Gasteiger partial charge < -0.3 is 20.5 Å². The lowest BCUT2D eigenvalue weighted by Crippen LogP contribution is -2.38. The van der Waals surface area contributed by atoms with Crippen molar-refractivity contribution in [3.05, 3.63) is 29.8 Å². The molecule has 3 N–H and O–H groups in total. The van der Waals surface area contributed by atoms with Crippen LogP contribution in [0, 0.1) is 5.92 Å². The average molecular weight is 518 g/mol. The van der Waals surface area contributed by atoms with Gasteiger partial charge in [-0.1, -0.05) is 44.9 Å². The van der Waals surface area contributed by atoms with Crippen LogP contribution in [0.3, 0.4) is 0 Å². The predicted octanol–water partition coefficient (Wildman–Crippen LogP) is 3.63. The lowest BCUT2D eigenvalue weighted by atomic mass is 10.0. The summed E-state index contributed by atoms with van der Waals surface area (Å²) in [6.07, 6.45) is 3.56. The second kappa shape index (κ2) is 14.8. The third-order valence-corrected chi connectivity index (χ3v) is 4.97. The number of nitrogens with two attached hydrogens (primary N) is 1. The third kappa shape index (κ3) is 11.1. The summed E-state index contributed by atoms with van der Waals surface area (Å²) in [5.74, 6) is 2.13. The Morgan fingerprint density at radius 3 is 2.66 bits per heavy atom. The van der Waals surface area contributed by atoms with E-state index in [0.29, 0.717) is 25.2 Å². The molecule has 7 heteroatoms. The molecule has 0 saturated carbocycles. The summed E-state index contributed by atoms with van der Waals surface area (Å²) >= 11 is 0. The van der Waals surface area contributed by atoms with Crippen LogP contribution >= 0.6 is 24.0 Å². The van der Waals surface area contributed by atoms with Gasteiger partial charge in [-0.05, 0) is 25.3 Å². The summed E-state index contributed by atoms with van der Waals surface area (Å²) in [6.45, 7) is 12.4. The van der Waals surface area contributed by atoms with Gasteiger partial charge in [0.25, 0.3) is 0 Å². The van der Waals surface area contributed by atoms with E-state index in [2.05, 4.69) is 36.0 Å². The number of nitrogens with one attached hydrogen (secondary N) is 1. The fraction of sp³-hybridized carbons (Fsp3) is 0.682. The molecule has 1 aliphatic heterocycles. The van der Waals surface area contributed by atoms with E-state index in [1.807, 2.05) is 24.3 Å². The maximum absolute atomic E-state index is 6.08. The summed E-state index contributed by atoms with van der Waals surface area (Å²) in [6, 6.07) is 8.39. The van der Waals surface area contributed by atoms with Gasteiger partial charge in [0.2, 0.25) is 0 Å². The molecule has 0 aliphatic carbocycles. The summed E-state index contributed by atoms with van der Waals surface area (Å²) < 4.78 is 11.4. The number of benzene rings is 1. The molecule has 29 heavy (non-hydrogen) atoms. The van der Waals surface area contributed by atoms with Crippen LogP contribution in [0.15, 0.2) is 29.3 Å². The Hall–Kier alpha value is -1.06. The highest BCUT2D eigenvalue weighted by Gasteiger charge is 2.10. The van der Waals surface area contributed by atoms with Gasteiger partial charge in [-0.2, -0.15) is 0 Å². The number of rotatable bonds is 11. The number of halogens is 1. The smallest absolute Gasteiger partial charge is 0.189 e. The first-order valence-corrected chi connectivity index (χ1v) is 10.6. The fourth-order valence-corrected chi connectivity index (χ4v) is 3.26. The third-order valence-electron chi connectivity index (χ3n) is 4.97. The van der Waals surface area contributed by atoms with Crippen molar-refractivity contribution in [1.29, 1.82) is 0 Å². The van der Waals surface area contributed by atoms with Crippen LogP contribution in [0.2, 0.25) is 0 Å². The van der Waals surface area contributed by atoms with Gasteiger partial charge in [-0.3, -0.25) is 4.90 Å². The number of nitrogens with zero attached hydrogens (tertiary/aromatic N) is 2. The molecule has 1 heterocycles. The zero-order chi connectivity index (χ0) is 20.2. The number of ether oxygens (including phenoxy) is 2. The monoisotopic (exact) mass is 518 g/mol. The van der Waals surface area contributed by atoms with E-state index >= 15 is 0 Å². The number of hydrogen-bond acceptors (Lipinski definition) is 4. The Labute approximate surface area is 193 Å². The van der Waals surface area contributed by atoms with Crippen molar-refractivity contribution in [2.45, 2.75) is 52.6 Å². The molecule has 1 atom stereocenters. The van der Waals surface area contributed by atoms with Crippen LogP contribution < -0.4 is 15.8 Å². The van der Waals surface area contributed by atoms with Gasteiger partial charge in [-0.25, -0.2) is 4.99 Å². The number of hydrogen-bond donors (Lipinski definition) is 2. The first kappa shape index (κ1) is 26.0. The van der Waals surface area contributed by atoms with Crippen LogP contribution in [-0.2, 0) is 11.3 Å². The average Bonchev–Trinajstić information content (AvgIpc) is 2.68. The van der Waals surface area contributed by atoms with Crippen LogP contribution in [-0.4, -0.2) is 56.4 Å². The first-order valence-electron chi connectivity index (χ1n) is 10.6. The Bertz CT molecular complexity index is 592. The number of para-hydroxylation sites is 1. The van der Waals surface area contributed by atoms with Gasteiger partial charge in [-0.15, -0.1) is 24.0 Å². The Morgan fingerprint density at radius 1 is 1.21 bits per heavy atom. The van der Waals surface area contributed by atoms with E-state index in [1.165, 1.54) is 12.8 Å². The molecule has 2 rings (SSSR count). The molecule has 1 saturated heterocycles. The van der Waals surface area contributed by atoms with Crippen molar-refractivity contribution >= 4 is 29.9 Å². The Kier molecular flexibility index (Phi) is 13.3. The second-order valence-corrected chi connectivity index (χ2v) is 7.98. The van der Waals surface area contributed by atoms with Gasteiger partial charge in [0, 0.05) is 31.2 Å². The topological polar surface area (TPSA) is 72.1 Å². The minimum absolute atomic E-state index is 0. The van der Waals surface area contributed by atoms with Gasteiger partial charge in [0.1, 0.15) is 12.4 Å². The molecule has 1 unspecified atom stereocenters. The standard InChI is InChI=1S/C22H38N4O2.HI/c1-18(2)7-6-8-19(3)25-22(23)24-17-20-9-4-5-10-21(20)28-16-13-26-11-14-27-15-12-26;/h4-5,9-10,18-19H,6-8,11-17H2,1-3H3,(H3,23,24,25);1H. The van der Waals surface area contributed by atoms with E-state index in [0.717, 1.165) is 56.5 Å². The molecular weight excluding hydrogens is 479 g/mol. The molecule has 6 nitrogen and oxygen atoms in total. The quantitative estimate of drug-likeness (QED) is 0.266. The molecule has 1 fully saturated rings. The molecule has 1 aliphatic rings. The lowest BCUT2D eigenvalue weighted by molar-refractivity contribution is 0.0322. The number of guanidine groups is 1. The number of morpholine rings is 1. The Balaban J connectivity index is 0.00000420. The van der Waals surface area contributed by atoms with Gasteiger partial charge in [0.15, 0.2) is 5.96 Å². The van der Waals surface area contributed by atoms with Crippen molar-refractivity contribution in [3.8, 4) is 5.75 Å². The summed E-state index contributed by atoms with van der Waals surface area (Å²) in [7, 11) is 0. The maximum Gasteiger partial charge on any atom is 0.189 e. The Morgan fingerprint density at radius 2 is 1.93 bits per heavy atom. The van der Waals surface area contributed by atoms with Crippen molar-refractivity contribution in [2.75, 3.05) is 39.5 Å². The minimum atomic E-state index is 0. The van der Waals surface area contributed by atoms with Crippen LogP contribution in [0.5, 0.6) is 5.75 Å². The molecule has 166 valence electrons. The molecule has 0 amide bonds. The summed E-state index contributed by atoms with van der Waals surface area (Å²) in [5, 5.41) is 3.30. The molecule has 0 bridgehead atoms. The van der Waals surface area contributed by atoms with E-state index in [1.54, 1.807) is 0 Å². The van der Waals surface area contributed by atoms with Crippen molar-refractivity contribution in [1.82, 2.24) is 10.2 Å². The SMILES string of the molecule is CC(C)CCCC(C)NC(N)=NCc1ccccc1OCCN1CCOCC1.I. The highest BCUT2D eigenvalue weighted by atomic mass is 127. The molecule has 0 aromatic heterocycles. The zero-order valence-corrected chi connectivity index (χ0v) is 20.6. The fourth-order valence-electron chi connectivity index (χ4n) is 3.26. The van der Waals surface area contributed by atoms with E-state index in [9.17, 15) is 0 Å². The van der Waals surface area contributed by atoms with Crippen molar-refractivity contribution < 1.29 is 9.47 Å². The molecule has 0 spiro atoms. The lowest BCUT2D eigenvalue weighted by Gasteiger charge is -2.26. The van der Waals surface area contributed by atoms with Gasteiger partial charge in [0.05, 0.1) is 19.8 Å². The normalized spacial score (nSPS) is 16.3. The molecule has 1 aromatic rings. The van der Waals surface area contributed by atoms with Crippen molar-refractivity contribution in [3.63, 3.8) is 0 Å². The summed E-state index contributed by atoms with van der Waals surface area (Å²) in [5.41, 5.74) is 7.14. The largest absolute Gasteiger partial charge is 0.492 e. The second-order valence-electron chi connectivity index (χ2n) is 7.98. The van der Waals surface area contributed by atoms with Gasteiger partial charge >= 0.3 is 0 Å². The minimum Gasteiger partial charge on any atom is -0.492 e. The molecule has 1 aromatic carbocycles. The predicted molar refractivity (Wildman–Crippen MR) is 131 cm³/mol. The molecular formula is C22H39IN4O2. The number of aliphatic imine (C=N–C) groups is 1. The van der Waals surface area contributed by atoms with Crippen LogP contribution in [0.4, 0.5) is 0 Å². The maximum atomic E-state index is 6.08. The van der Waals surface area contributed by atoms with Crippen molar-refractivity contribution in [2.24, 2.45) is 16.6 Å². The van der Waals surface area contributed by atoms with Crippen LogP contribution in [0.25, 0.3) is 0 Å². The van der Waals surface area contributed by atoms with Crippen LogP contribution in [0.1, 0.15) is 45.6 Å². The molecule has 0 radical (unpaired) electrons. The van der Waals surface area contributed by atoms with E-state index < -0.39 is 0 Å². The highest BCUT2D eigenvalue weighted by molar-refractivity contribution is 14.0. The summed E-state index contributed by atoms with van der Waals surface area (Å²) in [4.78, 5) is 6.88.